The minimum atomic E-state index is -0.286. The number of para-hydroxylation sites is 1. The van der Waals surface area contributed by atoms with Gasteiger partial charge in [0.05, 0.1) is 11.9 Å². The smallest absolute Gasteiger partial charge is 0.336 e. The zero-order valence-electron chi connectivity index (χ0n) is 8.53. The predicted octanol–water partition coefficient (Wildman–Crippen LogP) is 0.585. The van der Waals surface area contributed by atoms with E-state index >= 15 is 0 Å². The maximum absolute atomic E-state index is 10.9. The molecule has 90 valence electrons. The standard InChI is InChI=1S/C10H8O2.ClHO.2H2O/c1-7-6-10(11)12-9-5-3-2-4-8(7)9;1-2;;/h2-6H,1H3;2H;2*1H2. The normalized spacial score (nSPS) is 8.19. The number of benzene rings is 1. The number of fused-ring (bicyclic) bond motifs is 1. The Morgan fingerprint density at radius 1 is 1.19 bits per heavy atom. The highest BCUT2D eigenvalue weighted by Crippen LogP contribution is 2.14. The predicted molar refractivity (Wildman–Crippen MR) is 62.5 cm³/mol. The Morgan fingerprint density at radius 3 is 2.38 bits per heavy atom. The van der Waals surface area contributed by atoms with Crippen LogP contribution in [0.1, 0.15) is 5.56 Å². The highest BCUT2D eigenvalue weighted by atomic mass is 35.5. The summed E-state index contributed by atoms with van der Waals surface area (Å²) < 4.78 is 11.5. The van der Waals surface area contributed by atoms with Crippen LogP contribution in [0, 0.1) is 6.92 Å². The Hall–Kier alpha value is -1.40. The third-order valence-electron chi connectivity index (χ3n) is 1.86. The lowest BCUT2D eigenvalue weighted by Gasteiger charge is -1.97. The molecule has 0 unspecified atom stereocenters. The lowest BCUT2D eigenvalue weighted by Crippen LogP contribution is -1.97. The molecule has 1 aromatic heterocycles. The number of rotatable bonds is 0. The molecule has 1 heterocycles. The minimum Gasteiger partial charge on any atom is -0.423 e. The Labute approximate surface area is 96.7 Å². The van der Waals surface area contributed by atoms with E-state index in [9.17, 15) is 4.79 Å². The largest absolute Gasteiger partial charge is 0.423 e. The average Bonchev–Trinajstić information content (AvgIpc) is 2.20. The molecule has 16 heavy (non-hydrogen) atoms. The Kier molecular flexibility index (Phi) is 8.33. The van der Waals surface area contributed by atoms with Gasteiger partial charge in [-0.15, -0.1) is 0 Å². The van der Waals surface area contributed by atoms with Gasteiger partial charge in [-0.2, -0.15) is 0 Å². The number of hydrogen-bond donors (Lipinski definition) is 1. The SMILES string of the molecule is Cc1cc(=O)oc2ccccc12.O.O.OCl. The van der Waals surface area contributed by atoms with E-state index in [-0.39, 0.29) is 16.6 Å². The summed E-state index contributed by atoms with van der Waals surface area (Å²) in [7, 11) is 0. The van der Waals surface area contributed by atoms with Crippen molar-refractivity contribution in [2.45, 2.75) is 6.92 Å². The van der Waals surface area contributed by atoms with Gasteiger partial charge in [0, 0.05) is 11.5 Å². The minimum absolute atomic E-state index is 0. The summed E-state index contributed by atoms with van der Waals surface area (Å²) in [6.45, 7) is 1.90. The molecule has 0 fully saturated rings. The van der Waals surface area contributed by atoms with E-state index in [1.807, 2.05) is 25.1 Å². The van der Waals surface area contributed by atoms with Gasteiger partial charge in [-0.05, 0) is 18.6 Å². The Balaban J connectivity index is 0. The highest BCUT2D eigenvalue weighted by Gasteiger charge is 1.98. The first kappa shape index (κ1) is 17.0. The van der Waals surface area contributed by atoms with Gasteiger partial charge in [0.25, 0.3) is 0 Å². The molecule has 2 aromatic rings. The highest BCUT2D eigenvalue weighted by molar-refractivity contribution is 6.04. The summed E-state index contributed by atoms with van der Waals surface area (Å²) in [5, 5.41) is 0.997. The molecule has 0 amide bonds. The molecule has 0 saturated carbocycles. The molecule has 5 N–H and O–H groups in total. The van der Waals surface area contributed by atoms with Gasteiger partial charge in [-0.25, -0.2) is 4.79 Å². The molecule has 1 aromatic carbocycles. The van der Waals surface area contributed by atoms with Gasteiger partial charge in [0.2, 0.25) is 0 Å². The molecule has 0 spiro atoms. The van der Waals surface area contributed by atoms with Crippen molar-refractivity contribution >= 4 is 22.8 Å². The van der Waals surface area contributed by atoms with Gasteiger partial charge >= 0.3 is 5.63 Å². The topological polar surface area (TPSA) is 113 Å². The Bertz CT molecular complexity index is 480. The van der Waals surface area contributed by atoms with Crippen LogP contribution in [-0.2, 0) is 0 Å². The van der Waals surface area contributed by atoms with Crippen LogP contribution in [0.2, 0.25) is 0 Å². The molecular weight excluding hydrogens is 236 g/mol. The molecule has 6 heteroatoms. The van der Waals surface area contributed by atoms with Gasteiger partial charge in [-0.1, -0.05) is 18.2 Å². The lowest BCUT2D eigenvalue weighted by atomic mass is 10.1. The van der Waals surface area contributed by atoms with Crippen LogP contribution < -0.4 is 5.63 Å². The van der Waals surface area contributed by atoms with Crippen LogP contribution in [0.3, 0.4) is 0 Å². The first-order valence-corrected chi connectivity index (χ1v) is 4.27. The fraction of sp³-hybridized carbons (Fsp3) is 0.100. The van der Waals surface area contributed by atoms with Crippen molar-refractivity contribution in [3.8, 4) is 0 Å². The van der Waals surface area contributed by atoms with Crippen molar-refractivity contribution in [2.24, 2.45) is 0 Å². The summed E-state index contributed by atoms with van der Waals surface area (Å²) in [5.74, 6) is 0. The van der Waals surface area contributed by atoms with Crippen LogP contribution in [0.15, 0.2) is 39.5 Å². The van der Waals surface area contributed by atoms with Gasteiger partial charge in [0.1, 0.15) is 5.58 Å². The zero-order valence-corrected chi connectivity index (χ0v) is 9.28. The van der Waals surface area contributed by atoms with E-state index in [2.05, 4.69) is 11.9 Å². The second-order valence-electron chi connectivity index (χ2n) is 2.74. The average molecular weight is 249 g/mol. The van der Waals surface area contributed by atoms with Crippen molar-refractivity contribution in [3.63, 3.8) is 0 Å². The van der Waals surface area contributed by atoms with Gasteiger partial charge < -0.3 is 15.4 Å². The van der Waals surface area contributed by atoms with Crippen LogP contribution in [-0.4, -0.2) is 15.6 Å². The van der Waals surface area contributed by atoms with E-state index in [0.717, 1.165) is 10.9 Å². The van der Waals surface area contributed by atoms with E-state index in [1.165, 1.54) is 6.07 Å². The second-order valence-corrected chi connectivity index (χ2v) is 2.74. The fourth-order valence-corrected chi connectivity index (χ4v) is 1.27. The van der Waals surface area contributed by atoms with Crippen molar-refractivity contribution < 1.29 is 20.0 Å². The van der Waals surface area contributed by atoms with Gasteiger partial charge in [0.15, 0.2) is 0 Å². The molecule has 5 nitrogen and oxygen atoms in total. The molecular formula is C10H13ClO5. The summed E-state index contributed by atoms with van der Waals surface area (Å²) in [4.78, 5) is 10.9. The first-order valence-electron chi connectivity index (χ1n) is 3.94. The molecule has 0 aliphatic heterocycles. The molecule has 0 aliphatic rings. The van der Waals surface area contributed by atoms with Gasteiger partial charge in [-0.3, -0.25) is 4.66 Å². The summed E-state index contributed by atoms with van der Waals surface area (Å²) in [5.41, 5.74) is 1.33. The van der Waals surface area contributed by atoms with Crippen molar-refractivity contribution in [1.82, 2.24) is 0 Å². The van der Waals surface area contributed by atoms with Crippen molar-refractivity contribution in [1.29, 1.82) is 0 Å². The van der Waals surface area contributed by atoms with Crippen molar-refractivity contribution in [2.75, 3.05) is 0 Å². The summed E-state index contributed by atoms with van der Waals surface area (Å²) in [6.07, 6.45) is 0. The lowest BCUT2D eigenvalue weighted by molar-refractivity contribution is 0.560. The molecule has 0 aliphatic carbocycles. The summed E-state index contributed by atoms with van der Waals surface area (Å²) in [6, 6.07) is 9.01. The zero-order chi connectivity index (χ0) is 10.6. The molecule has 0 bridgehead atoms. The van der Waals surface area contributed by atoms with Crippen LogP contribution in [0.25, 0.3) is 11.0 Å². The van der Waals surface area contributed by atoms with E-state index in [1.54, 1.807) is 6.07 Å². The molecule has 0 atom stereocenters. The molecule has 0 radical (unpaired) electrons. The van der Waals surface area contributed by atoms with Crippen molar-refractivity contribution in [3.05, 3.63) is 46.3 Å². The number of hydrogen-bond acceptors (Lipinski definition) is 3. The third-order valence-corrected chi connectivity index (χ3v) is 1.86. The number of halogens is 1. The van der Waals surface area contributed by atoms with E-state index in [4.69, 9.17) is 9.08 Å². The fourth-order valence-electron chi connectivity index (χ4n) is 1.27. The molecule has 0 saturated heterocycles. The maximum Gasteiger partial charge on any atom is 0.336 e. The second kappa shape index (κ2) is 7.84. The van der Waals surface area contributed by atoms with Crippen LogP contribution >= 0.6 is 11.9 Å². The van der Waals surface area contributed by atoms with Crippen LogP contribution in [0.5, 0.6) is 0 Å². The van der Waals surface area contributed by atoms with E-state index < -0.39 is 0 Å². The maximum atomic E-state index is 10.9. The van der Waals surface area contributed by atoms with Crippen LogP contribution in [0.4, 0.5) is 0 Å². The monoisotopic (exact) mass is 248 g/mol. The summed E-state index contributed by atoms with van der Waals surface area (Å²) >= 11 is 3.64. The van der Waals surface area contributed by atoms with E-state index in [0.29, 0.717) is 5.58 Å². The quantitative estimate of drug-likeness (QED) is 0.688. The third kappa shape index (κ3) is 3.63. The first-order chi connectivity index (χ1) is 6.77. The Morgan fingerprint density at radius 2 is 1.75 bits per heavy atom. The number of aryl methyl sites for hydroxylation is 1. The molecule has 2 rings (SSSR count).